The second kappa shape index (κ2) is 8.54. The van der Waals surface area contributed by atoms with Gasteiger partial charge in [-0.1, -0.05) is 49.9 Å². The Balaban J connectivity index is 2.16. The predicted octanol–water partition coefficient (Wildman–Crippen LogP) is 4.44. The molecular weight excluding hydrogens is 230 g/mol. The van der Waals surface area contributed by atoms with E-state index in [0.717, 1.165) is 18.0 Å². The number of rotatable bonds is 8. The van der Waals surface area contributed by atoms with Gasteiger partial charge in [0, 0.05) is 11.1 Å². The highest BCUT2D eigenvalue weighted by atomic mass is 35.5. The molecule has 0 aromatic heterocycles. The summed E-state index contributed by atoms with van der Waals surface area (Å²) in [5.41, 5.74) is 1.35. The van der Waals surface area contributed by atoms with Crippen molar-refractivity contribution in [3.05, 3.63) is 34.9 Å². The molecule has 0 spiro atoms. The molecule has 1 atom stereocenters. The summed E-state index contributed by atoms with van der Waals surface area (Å²) in [5.74, 6) is 0. The maximum atomic E-state index is 5.86. The first-order valence-electron chi connectivity index (χ1n) is 6.70. The molecule has 0 bridgehead atoms. The number of hydrogen-bond acceptors (Lipinski definition) is 1. The molecule has 96 valence electrons. The lowest BCUT2D eigenvalue weighted by Crippen LogP contribution is -2.28. The monoisotopic (exact) mass is 253 g/mol. The zero-order chi connectivity index (χ0) is 12.5. The minimum Gasteiger partial charge on any atom is -0.314 e. The Bertz CT molecular complexity index is 294. The second-order valence-electron chi connectivity index (χ2n) is 4.75. The van der Waals surface area contributed by atoms with Crippen LogP contribution in [-0.4, -0.2) is 12.6 Å². The molecule has 1 aromatic rings. The van der Waals surface area contributed by atoms with Gasteiger partial charge in [0.1, 0.15) is 0 Å². The molecule has 1 N–H and O–H groups in total. The Morgan fingerprint density at radius 3 is 2.47 bits per heavy atom. The smallest absolute Gasteiger partial charge is 0.0406 e. The molecule has 2 heteroatoms. The maximum Gasteiger partial charge on any atom is 0.0406 e. The summed E-state index contributed by atoms with van der Waals surface area (Å²) in [6.45, 7) is 5.62. The van der Waals surface area contributed by atoms with E-state index in [4.69, 9.17) is 11.6 Å². The maximum absolute atomic E-state index is 5.86. The van der Waals surface area contributed by atoms with Crippen LogP contribution in [0, 0.1) is 0 Å². The van der Waals surface area contributed by atoms with E-state index in [1.807, 2.05) is 12.1 Å². The molecule has 0 amide bonds. The van der Waals surface area contributed by atoms with Crippen LogP contribution in [0.1, 0.15) is 45.1 Å². The van der Waals surface area contributed by atoms with Crippen molar-refractivity contribution in [1.82, 2.24) is 5.32 Å². The first kappa shape index (κ1) is 14.5. The number of unbranched alkanes of at least 4 members (excludes halogenated alkanes) is 3. The van der Waals surface area contributed by atoms with Gasteiger partial charge in [-0.05, 0) is 44.0 Å². The minimum absolute atomic E-state index is 0.540. The fraction of sp³-hybridized carbons (Fsp3) is 0.600. The summed E-state index contributed by atoms with van der Waals surface area (Å²) in [5, 5.41) is 4.39. The molecule has 1 unspecified atom stereocenters. The molecule has 0 saturated carbocycles. The molecule has 0 saturated heterocycles. The highest BCUT2D eigenvalue weighted by Crippen LogP contribution is 2.11. The highest BCUT2D eigenvalue weighted by molar-refractivity contribution is 6.30. The molecular formula is C15H24ClN. The van der Waals surface area contributed by atoms with Gasteiger partial charge >= 0.3 is 0 Å². The Labute approximate surface area is 111 Å². The van der Waals surface area contributed by atoms with Crippen molar-refractivity contribution in [3.63, 3.8) is 0 Å². The van der Waals surface area contributed by atoms with Crippen LogP contribution in [0.4, 0.5) is 0 Å². The van der Waals surface area contributed by atoms with Crippen molar-refractivity contribution >= 4 is 11.6 Å². The molecule has 0 radical (unpaired) electrons. The van der Waals surface area contributed by atoms with Crippen molar-refractivity contribution in [2.45, 2.75) is 52.0 Å². The Morgan fingerprint density at radius 1 is 1.12 bits per heavy atom. The minimum atomic E-state index is 0.540. The normalized spacial score (nSPS) is 12.6. The van der Waals surface area contributed by atoms with Gasteiger partial charge in [0.05, 0.1) is 0 Å². The molecule has 1 rings (SSSR count). The molecule has 0 aliphatic heterocycles. The second-order valence-corrected chi connectivity index (χ2v) is 5.18. The summed E-state index contributed by atoms with van der Waals surface area (Å²) in [4.78, 5) is 0. The van der Waals surface area contributed by atoms with Gasteiger partial charge in [0.25, 0.3) is 0 Å². The Hall–Kier alpha value is -0.530. The number of benzene rings is 1. The van der Waals surface area contributed by atoms with E-state index in [9.17, 15) is 0 Å². The van der Waals surface area contributed by atoms with Crippen LogP contribution >= 0.6 is 11.6 Å². The van der Waals surface area contributed by atoms with Gasteiger partial charge < -0.3 is 5.32 Å². The predicted molar refractivity (Wildman–Crippen MR) is 76.8 cm³/mol. The van der Waals surface area contributed by atoms with Crippen LogP contribution < -0.4 is 5.32 Å². The fourth-order valence-corrected chi connectivity index (χ4v) is 2.07. The van der Waals surface area contributed by atoms with Crippen molar-refractivity contribution < 1.29 is 0 Å². The largest absolute Gasteiger partial charge is 0.314 e. The summed E-state index contributed by atoms with van der Waals surface area (Å²) in [6.07, 6.45) is 6.37. The zero-order valence-corrected chi connectivity index (χ0v) is 11.8. The molecule has 0 aliphatic carbocycles. The lowest BCUT2D eigenvalue weighted by molar-refractivity contribution is 0.518. The molecule has 17 heavy (non-hydrogen) atoms. The molecule has 0 fully saturated rings. The van der Waals surface area contributed by atoms with Gasteiger partial charge in [-0.2, -0.15) is 0 Å². The van der Waals surface area contributed by atoms with E-state index >= 15 is 0 Å². The topological polar surface area (TPSA) is 12.0 Å². The summed E-state index contributed by atoms with van der Waals surface area (Å²) in [6, 6.07) is 8.68. The van der Waals surface area contributed by atoms with E-state index < -0.39 is 0 Å². The van der Waals surface area contributed by atoms with Crippen molar-refractivity contribution in [1.29, 1.82) is 0 Å². The third-order valence-electron chi connectivity index (χ3n) is 2.98. The quantitative estimate of drug-likeness (QED) is 0.676. The average molecular weight is 254 g/mol. The Morgan fingerprint density at radius 2 is 1.82 bits per heavy atom. The van der Waals surface area contributed by atoms with Crippen LogP contribution in [0.3, 0.4) is 0 Å². The van der Waals surface area contributed by atoms with Crippen LogP contribution in [0.2, 0.25) is 5.02 Å². The number of halogens is 1. The van der Waals surface area contributed by atoms with E-state index in [-0.39, 0.29) is 0 Å². The standard InChI is InChI=1S/C15H24ClN/c1-3-4-5-6-11-17-13(2)12-14-7-9-15(16)10-8-14/h7-10,13,17H,3-6,11-12H2,1-2H3. The summed E-state index contributed by atoms with van der Waals surface area (Å²) >= 11 is 5.86. The van der Waals surface area contributed by atoms with E-state index in [1.54, 1.807) is 0 Å². The van der Waals surface area contributed by atoms with E-state index in [0.29, 0.717) is 6.04 Å². The average Bonchev–Trinajstić information content (AvgIpc) is 2.32. The highest BCUT2D eigenvalue weighted by Gasteiger charge is 2.02. The molecule has 1 nitrogen and oxygen atoms in total. The van der Waals surface area contributed by atoms with Gasteiger partial charge in [-0.3, -0.25) is 0 Å². The van der Waals surface area contributed by atoms with Crippen LogP contribution in [0.25, 0.3) is 0 Å². The SMILES string of the molecule is CCCCCCNC(C)Cc1ccc(Cl)cc1. The van der Waals surface area contributed by atoms with Crippen molar-refractivity contribution in [3.8, 4) is 0 Å². The lowest BCUT2D eigenvalue weighted by atomic mass is 10.1. The van der Waals surface area contributed by atoms with Crippen LogP contribution in [-0.2, 0) is 6.42 Å². The van der Waals surface area contributed by atoms with E-state index in [2.05, 4.69) is 31.3 Å². The van der Waals surface area contributed by atoms with Crippen LogP contribution in [0.15, 0.2) is 24.3 Å². The molecule has 0 heterocycles. The Kier molecular flexibility index (Phi) is 7.30. The number of hydrogen-bond donors (Lipinski definition) is 1. The summed E-state index contributed by atoms with van der Waals surface area (Å²) in [7, 11) is 0. The molecule has 1 aromatic carbocycles. The van der Waals surface area contributed by atoms with Gasteiger partial charge in [-0.25, -0.2) is 0 Å². The van der Waals surface area contributed by atoms with Gasteiger partial charge in [0.15, 0.2) is 0 Å². The third kappa shape index (κ3) is 6.70. The number of nitrogens with one attached hydrogen (secondary N) is 1. The first-order valence-corrected chi connectivity index (χ1v) is 7.08. The van der Waals surface area contributed by atoms with Gasteiger partial charge in [-0.15, -0.1) is 0 Å². The van der Waals surface area contributed by atoms with Crippen molar-refractivity contribution in [2.24, 2.45) is 0 Å². The summed E-state index contributed by atoms with van der Waals surface area (Å²) < 4.78 is 0. The fourth-order valence-electron chi connectivity index (χ4n) is 1.95. The van der Waals surface area contributed by atoms with Crippen LogP contribution in [0.5, 0.6) is 0 Å². The molecule has 0 aliphatic rings. The van der Waals surface area contributed by atoms with Gasteiger partial charge in [0.2, 0.25) is 0 Å². The van der Waals surface area contributed by atoms with E-state index in [1.165, 1.54) is 31.2 Å². The third-order valence-corrected chi connectivity index (χ3v) is 3.23. The first-order chi connectivity index (χ1) is 8.22. The lowest BCUT2D eigenvalue weighted by Gasteiger charge is -2.13. The zero-order valence-electron chi connectivity index (χ0n) is 11.0. The van der Waals surface area contributed by atoms with Crippen molar-refractivity contribution in [2.75, 3.05) is 6.54 Å².